The molecule has 2 N–H and O–H groups in total. The Kier molecular flexibility index (Phi) is 3.90. The number of thiophene rings is 1. The van der Waals surface area contributed by atoms with Crippen LogP contribution in [0.1, 0.15) is 5.56 Å². The van der Waals surface area contributed by atoms with Gasteiger partial charge in [-0.25, -0.2) is 9.97 Å². The van der Waals surface area contributed by atoms with Gasteiger partial charge in [0.2, 0.25) is 0 Å². The number of hydrogen-bond donors (Lipinski definition) is 2. The van der Waals surface area contributed by atoms with Crippen LogP contribution in [-0.4, -0.2) is 27.7 Å². The van der Waals surface area contributed by atoms with Gasteiger partial charge in [-0.3, -0.25) is 0 Å². The first-order valence-electron chi connectivity index (χ1n) is 6.46. The Morgan fingerprint density at radius 2 is 2.00 bits per heavy atom. The number of aromatic nitrogens is 2. The van der Waals surface area contributed by atoms with Crippen molar-refractivity contribution in [3.8, 4) is 0 Å². The largest absolute Gasteiger partial charge is 0.394 e. The topological polar surface area (TPSA) is 58.0 Å². The summed E-state index contributed by atoms with van der Waals surface area (Å²) in [5.74, 6) is 0.784. The van der Waals surface area contributed by atoms with Gasteiger partial charge in [-0.2, -0.15) is 0 Å². The maximum atomic E-state index is 9.57. The second-order valence-electron chi connectivity index (χ2n) is 4.58. The van der Waals surface area contributed by atoms with E-state index < -0.39 is 0 Å². The van der Waals surface area contributed by atoms with Crippen LogP contribution in [0.3, 0.4) is 0 Å². The highest BCUT2D eigenvalue weighted by Crippen LogP contribution is 2.24. The van der Waals surface area contributed by atoms with Crippen molar-refractivity contribution in [3.63, 3.8) is 0 Å². The fourth-order valence-electron chi connectivity index (χ4n) is 2.16. The van der Waals surface area contributed by atoms with E-state index in [4.69, 9.17) is 0 Å². The highest BCUT2D eigenvalue weighted by atomic mass is 32.1. The number of aliphatic hydroxyl groups is 1. The Hall–Kier alpha value is -1.98. The standard InChI is InChI=1S/C15H15N3OS/c19-9-12(8-11-4-2-1-3-5-11)18-14-13-6-7-20-15(13)17-10-16-14/h1-7,10,12,19H,8-9H2,(H,16,17,18). The number of aliphatic hydroxyl groups excluding tert-OH is 1. The summed E-state index contributed by atoms with van der Waals surface area (Å²) in [5.41, 5.74) is 1.19. The van der Waals surface area contributed by atoms with Crippen LogP contribution in [0.4, 0.5) is 5.82 Å². The van der Waals surface area contributed by atoms with E-state index in [-0.39, 0.29) is 12.6 Å². The molecule has 3 rings (SSSR count). The molecule has 5 heteroatoms. The number of benzene rings is 1. The lowest BCUT2D eigenvalue weighted by Gasteiger charge is -2.17. The summed E-state index contributed by atoms with van der Waals surface area (Å²) in [4.78, 5) is 9.46. The number of nitrogens with zero attached hydrogens (tertiary/aromatic N) is 2. The smallest absolute Gasteiger partial charge is 0.138 e. The van der Waals surface area contributed by atoms with E-state index in [1.165, 1.54) is 5.56 Å². The minimum Gasteiger partial charge on any atom is -0.394 e. The van der Waals surface area contributed by atoms with Crippen LogP contribution >= 0.6 is 11.3 Å². The summed E-state index contributed by atoms with van der Waals surface area (Å²) in [6, 6.07) is 12.1. The third-order valence-corrected chi connectivity index (χ3v) is 3.97. The van der Waals surface area contributed by atoms with Crippen LogP contribution in [0.15, 0.2) is 48.1 Å². The van der Waals surface area contributed by atoms with Gasteiger partial charge in [0.1, 0.15) is 17.0 Å². The van der Waals surface area contributed by atoms with Crippen LogP contribution in [0.2, 0.25) is 0 Å². The number of anilines is 1. The van der Waals surface area contributed by atoms with Gasteiger partial charge in [0.15, 0.2) is 0 Å². The molecule has 0 bridgehead atoms. The van der Waals surface area contributed by atoms with Gasteiger partial charge in [0.25, 0.3) is 0 Å². The van der Waals surface area contributed by atoms with Crippen molar-refractivity contribution in [2.24, 2.45) is 0 Å². The van der Waals surface area contributed by atoms with E-state index in [0.29, 0.717) is 0 Å². The molecule has 102 valence electrons. The van der Waals surface area contributed by atoms with Crippen molar-refractivity contribution in [1.82, 2.24) is 9.97 Å². The Balaban J connectivity index is 1.79. The van der Waals surface area contributed by atoms with Gasteiger partial charge in [-0.15, -0.1) is 11.3 Å². The first-order chi connectivity index (χ1) is 9.86. The van der Waals surface area contributed by atoms with E-state index in [1.807, 2.05) is 29.6 Å². The van der Waals surface area contributed by atoms with Gasteiger partial charge < -0.3 is 10.4 Å². The monoisotopic (exact) mass is 285 g/mol. The van der Waals surface area contributed by atoms with Crippen molar-refractivity contribution in [3.05, 3.63) is 53.7 Å². The average molecular weight is 285 g/mol. The molecule has 2 aromatic heterocycles. The summed E-state index contributed by atoms with van der Waals surface area (Å²) in [6.07, 6.45) is 2.31. The lowest BCUT2D eigenvalue weighted by molar-refractivity contribution is 0.273. The van der Waals surface area contributed by atoms with Crippen LogP contribution in [0, 0.1) is 0 Å². The Bertz CT molecular complexity index is 684. The first kappa shape index (κ1) is 13.0. The maximum Gasteiger partial charge on any atom is 0.138 e. The van der Waals surface area contributed by atoms with Gasteiger partial charge in [-0.1, -0.05) is 30.3 Å². The second-order valence-corrected chi connectivity index (χ2v) is 5.47. The molecule has 0 aliphatic rings. The highest BCUT2D eigenvalue weighted by Gasteiger charge is 2.12. The van der Waals surface area contributed by atoms with E-state index >= 15 is 0 Å². The molecule has 0 saturated carbocycles. The van der Waals surface area contributed by atoms with Crippen molar-refractivity contribution >= 4 is 27.4 Å². The predicted molar refractivity (Wildman–Crippen MR) is 82.1 cm³/mol. The van der Waals surface area contributed by atoms with Crippen LogP contribution in [0.25, 0.3) is 10.2 Å². The van der Waals surface area contributed by atoms with Crippen LogP contribution < -0.4 is 5.32 Å². The molecule has 0 radical (unpaired) electrons. The van der Waals surface area contributed by atoms with E-state index in [0.717, 1.165) is 22.5 Å². The number of fused-ring (bicyclic) bond motifs is 1. The molecule has 3 aromatic rings. The first-order valence-corrected chi connectivity index (χ1v) is 7.34. The van der Waals surface area contributed by atoms with Gasteiger partial charge in [0, 0.05) is 0 Å². The molecule has 0 fully saturated rings. The molecular formula is C15H15N3OS. The van der Waals surface area contributed by atoms with Gasteiger partial charge in [-0.05, 0) is 23.4 Å². The van der Waals surface area contributed by atoms with Gasteiger partial charge in [0.05, 0.1) is 18.0 Å². The minimum absolute atomic E-state index is 0.0598. The number of hydrogen-bond acceptors (Lipinski definition) is 5. The number of nitrogens with one attached hydrogen (secondary N) is 1. The molecular weight excluding hydrogens is 270 g/mol. The summed E-state index contributed by atoms with van der Waals surface area (Å²) < 4.78 is 0. The molecule has 0 aliphatic heterocycles. The molecule has 0 spiro atoms. The third kappa shape index (κ3) is 2.79. The quantitative estimate of drug-likeness (QED) is 0.757. The molecule has 1 aromatic carbocycles. The molecule has 2 heterocycles. The fourth-order valence-corrected chi connectivity index (χ4v) is 2.89. The summed E-state index contributed by atoms with van der Waals surface area (Å²) in [7, 11) is 0. The maximum absolute atomic E-state index is 9.57. The molecule has 20 heavy (non-hydrogen) atoms. The summed E-state index contributed by atoms with van der Waals surface area (Å²) in [5, 5.41) is 15.9. The summed E-state index contributed by atoms with van der Waals surface area (Å²) in [6.45, 7) is 0.0600. The molecule has 0 aliphatic carbocycles. The zero-order valence-electron chi connectivity index (χ0n) is 10.9. The van der Waals surface area contributed by atoms with Crippen molar-refractivity contribution in [2.45, 2.75) is 12.5 Å². The van der Waals surface area contributed by atoms with Crippen molar-refractivity contribution < 1.29 is 5.11 Å². The lowest BCUT2D eigenvalue weighted by atomic mass is 10.1. The fraction of sp³-hybridized carbons (Fsp3) is 0.200. The van der Waals surface area contributed by atoms with Gasteiger partial charge >= 0.3 is 0 Å². The van der Waals surface area contributed by atoms with Crippen molar-refractivity contribution in [1.29, 1.82) is 0 Å². The van der Waals surface area contributed by atoms with E-state index in [2.05, 4.69) is 27.4 Å². The third-order valence-electron chi connectivity index (χ3n) is 3.15. The van der Waals surface area contributed by atoms with Crippen LogP contribution in [-0.2, 0) is 6.42 Å². The Morgan fingerprint density at radius 1 is 1.15 bits per heavy atom. The van der Waals surface area contributed by atoms with Crippen molar-refractivity contribution in [2.75, 3.05) is 11.9 Å². The average Bonchev–Trinajstić information content (AvgIpc) is 2.97. The normalized spacial score (nSPS) is 12.4. The van der Waals surface area contributed by atoms with E-state index in [9.17, 15) is 5.11 Å². The molecule has 1 atom stereocenters. The van der Waals surface area contributed by atoms with Crippen LogP contribution in [0.5, 0.6) is 0 Å². The number of rotatable bonds is 5. The SMILES string of the molecule is OCC(Cc1ccccc1)Nc1ncnc2sccc12. The molecule has 1 unspecified atom stereocenters. The molecule has 0 saturated heterocycles. The Morgan fingerprint density at radius 3 is 2.80 bits per heavy atom. The minimum atomic E-state index is -0.0598. The second kappa shape index (κ2) is 5.98. The predicted octanol–water partition coefficient (Wildman–Crippen LogP) is 2.71. The zero-order chi connectivity index (χ0) is 13.8. The van der Waals surface area contributed by atoms with E-state index in [1.54, 1.807) is 17.7 Å². The zero-order valence-corrected chi connectivity index (χ0v) is 11.7. The Labute approximate surface area is 121 Å². The highest BCUT2D eigenvalue weighted by molar-refractivity contribution is 7.16. The molecule has 0 amide bonds. The lowest BCUT2D eigenvalue weighted by Crippen LogP contribution is -2.27. The summed E-state index contributed by atoms with van der Waals surface area (Å²) >= 11 is 1.59. The molecule has 4 nitrogen and oxygen atoms in total.